The van der Waals surface area contributed by atoms with Crippen LogP contribution in [0.25, 0.3) is 0 Å². The second kappa shape index (κ2) is 10.2. The molecule has 1 aromatic rings. The molecule has 3 heterocycles. The molecule has 180 valence electrons. The van der Waals surface area contributed by atoms with Crippen molar-refractivity contribution in [3.05, 3.63) is 17.0 Å². The van der Waals surface area contributed by atoms with E-state index < -0.39 is 12.1 Å². The fourth-order valence-corrected chi connectivity index (χ4v) is 4.37. The van der Waals surface area contributed by atoms with Gasteiger partial charge in [-0.1, -0.05) is 5.16 Å². The molecule has 3 fully saturated rings. The van der Waals surface area contributed by atoms with Crippen molar-refractivity contribution in [3.63, 3.8) is 0 Å². The Hall–Kier alpha value is -2.14. The Morgan fingerprint density at radius 1 is 1.22 bits per heavy atom. The summed E-state index contributed by atoms with van der Waals surface area (Å²) in [6.45, 7) is 9.35. The highest BCUT2D eigenvalue weighted by molar-refractivity contribution is 5.76. The van der Waals surface area contributed by atoms with Crippen LogP contribution in [0.2, 0.25) is 0 Å². The number of hydrogen-bond acceptors (Lipinski definition) is 6. The average molecular weight is 461 g/mol. The molecule has 32 heavy (non-hydrogen) atoms. The predicted octanol–water partition coefficient (Wildman–Crippen LogP) is 2.54. The monoisotopic (exact) mass is 461 g/mol. The molecule has 0 unspecified atom stereocenters. The van der Waals surface area contributed by atoms with E-state index in [-0.39, 0.29) is 5.91 Å². The van der Waals surface area contributed by atoms with Crippen molar-refractivity contribution in [2.24, 2.45) is 23.7 Å². The van der Waals surface area contributed by atoms with E-state index in [0.717, 1.165) is 56.8 Å². The SMILES string of the molecule is Cc1noc(C)c1CN1C[C@@H]2COC[C@@H](CC(=O)NCC3CC3)[C@@H]2C1.O=C(O)C(F)(F)F. The van der Waals surface area contributed by atoms with Gasteiger partial charge >= 0.3 is 12.1 Å². The largest absolute Gasteiger partial charge is 0.490 e. The number of carboxylic acids is 1. The number of alkyl halides is 3. The van der Waals surface area contributed by atoms with Crippen molar-refractivity contribution in [1.29, 1.82) is 0 Å². The maximum atomic E-state index is 12.3. The lowest BCUT2D eigenvalue weighted by Crippen LogP contribution is -2.38. The van der Waals surface area contributed by atoms with Gasteiger partial charge in [0.05, 0.1) is 18.9 Å². The van der Waals surface area contributed by atoms with E-state index in [0.29, 0.717) is 24.2 Å². The van der Waals surface area contributed by atoms with E-state index in [1.165, 1.54) is 18.4 Å². The molecule has 0 radical (unpaired) electrons. The number of rotatable bonds is 6. The summed E-state index contributed by atoms with van der Waals surface area (Å²) < 4.78 is 42.9. The minimum atomic E-state index is -5.08. The molecule has 1 aliphatic carbocycles. The van der Waals surface area contributed by atoms with Crippen molar-refractivity contribution in [2.75, 3.05) is 32.8 Å². The Morgan fingerprint density at radius 3 is 2.47 bits per heavy atom. The zero-order chi connectivity index (χ0) is 23.5. The van der Waals surface area contributed by atoms with Crippen LogP contribution in [-0.4, -0.2) is 66.1 Å². The van der Waals surface area contributed by atoms with Gasteiger partial charge in [-0.25, -0.2) is 4.79 Å². The number of nitrogens with zero attached hydrogens (tertiary/aromatic N) is 2. The van der Waals surface area contributed by atoms with Gasteiger partial charge in [-0.15, -0.1) is 0 Å². The number of carbonyl (C=O) groups excluding carboxylic acids is 1. The first kappa shape index (κ1) is 24.5. The number of fused-ring (bicyclic) bond motifs is 1. The molecule has 2 N–H and O–H groups in total. The Morgan fingerprint density at radius 2 is 1.91 bits per heavy atom. The number of halogens is 3. The van der Waals surface area contributed by atoms with E-state index in [2.05, 4.69) is 15.4 Å². The number of aliphatic carboxylic acids is 1. The highest BCUT2D eigenvalue weighted by Gasteiger charge is 2.42. The minimum Gasteiger partial charge on any atom is -0.475 e. The summed E-state index contributed by atoms with van der Waals surface area (Å²) in [4.78, 5) is 23.6. The number of aromatic nitrogens is 1. The van der Waals surface area contributed by atoms with Gasteiger partial charge in [-0.3, -0.25) is 9.69 Å². The molecule has 2 aliphatic heterocycles. The molecule has 2 saturated heterocycles. The zero-order valence-corrected chi connectivity index (χ0v) is 18.3. The predicted molar refractivity (Wildman–Crippen MR) is 107 cm³/mol. The maximum absolute atomic E-state index is 12.3. The summed E-state index contributed by atoms with van der Waals surface area (Å²) in [7, 11) is 0. The molecule has 1 amide bonds. The molecule has 1 aromatic heterocycles. The summed E-state index contributed by atoms with van der Waals surface area (Å²) >= 11 is 0. The number of carboxylic acid groups (broad SMARTS) is 1. The highest BCUT2D eigenvalue weighted by atomic mass is 19.4. The van der Waals surface area contributed by atoms with Crippen LogP contribution in [0.4, 0.5) is 13.2 Å². The van der Waals surface area contributed by atoms with Crippen LogP contribution in [0.1, 0.15) is 36.3 Å². The van der Waals surface area contributed by atoms with Crippen LogP contribution in [0.3, 0.4) is 0 Å². The molecule has 8 nitrogen and oxygen atoms in total. The van der Waals surface area contributed by atoms with Crippen LogP contribution < -0.4 is 5.32 Å². The van der Waals surface area contributed by atoms with Gasteiger partial charge in [0.2, 0.25) is 5.91 Å². The van der Waals surface area contributed by atoms with Gasteiger partial charge in [0, 0.05) is 38.2 Å². The van der Waals surface area contributed by atoms with Gasteiger partial charge < -0.3 is 19.7 Å². The molecule has 0 bridgehead atoms. The van der Waals surface area contributed by atoms with Crippen LogP contribution in [0.15, 0.2) is 4.52 Å². The second-order valence-corrected chi connectivity index (χ2v) is 8.97. The molecule has 3 atom stereocenters. The summed E-state index contributed by atoms with van der Waals surface area (Å²) in [5.41, 5.74) is 2.19. The summed E-state index contributed by atoms with van der Waals surface area (Å²) in [6, 6.07) is 0. The normalized spacial score (nSPS) is 25.6. The second-order valence-electron chi connectivity index (χ2n) is 8.97. The van der Waals surface area contributed by atoms with E-state index >= 15 is 0 Å². The molecular formula is C21H30F3N3O5. The zero-order valence-electron chi connectivity index (χ0n) is 18.3. The standard InChI is InChI=1S/C19H29N3O3.C2HF3O2/c1-12-17(13(2)25-21-12)8-22-7-16-11-24-10-15(18(16)9-22)5-19(23)20-6-14-3-4-14;3-2(4,5)1(6)7/h14-16,18H,3-11H2,1-2H3,(H,20,23);(H,6,7)/t15-,16-,18+;/m1./s1. The molecule has 11 heteroatoms. The van der Waals surface area contributed by atoms with E-state index in [1.807, 2.05) is 13.8 Å². The first-order chi connectivity index (χ1) is 15.0. The fraction of sp³-hybridized carbons (Fsp3) is 0.762. The quantitative estimate of drug-likeness (QED) is 0.671. The lowest BCUT2D eigenvalue weighted by Gasteiger charge is -2.32. The van der Waals surface area contributed by atoms with Gasteiger partial charge in [-0.05, 0) is 50.4 Å². The van der Waals surface area contributed by atoms with Crippen molar-refractivity contribution < 1.29 is 37.1 Å². The van der Waals surface area contributed by atoms with Crippen molar-refractivity contribution >= 4 is 11.9 Å². The molecule has 1 saturated carbocycles. The first-order valence-corrected chi connectivity index (χ1v) is 10.8. The Bertz CT molecular complexity index is 790. The number of ether oxygens (including phenoxy) is 1. The Kier molecular flexibility index (Phi) is 7.81. The molecule has 4 rings (SSSR count). The van der Waals surface area contributed by atoms with Crippen LogP contribution in [0, 0.1) is 37.5 Å². The van der Waals surface area contributed by atoms with E-state index in [1.54, 1.807) is 0 Å². The van der Waals surface area contributed by atoms with Crippen LogP contribution in [-0.2, 0) is 20.9 Å². The molecule has 0 spiro atoms. The number of nitrogens with one attached hydrogen (secondary N) is 1. The smallest absolute Gasteiger partial charge is 0.475 e. The summed E-state index contributed by atoms with van der Waals surface area (Å²) in [5, 5.41) is 14.3. The highest BCUT2D eigenvalue weighted by Crippen LogP contribution is 2.37. The Balaban J connectivity index is 0.000000360. The number of aryl methyl sites for hydroxylation is 2. The average Bonchev–Trinajstić information content (AvgIpc) is 3.37. The summed E-state index contributed by atoms with van der Waals surface area (Å²) in [5.74, 6) is 0.526. The maximum Gasteiger partial charge on any atom is 0.490 e. The van der Waals surface area contributed by atoms with Gasteiger partial charge in [0.1, 0.15) is 5.76 Å². The first-order valence-electron chi connectivity index (χ1n) is 10.8. The van der Waals surface area contributed by atoms with Gasteiger partial charge in [0.25, 0.3) is 0 Å². The number of amides is 1. The summed E-state index contributed by atoms with van der Waals surface area (Å²) in [6.07, 6.45) is -1.94. The fourth-order valence-electron chi connectivity index (χ4n) is 4.37. The topological polar surface area (TPSA) is 105 Å². The third kappa shape index (κ3) is 6.68. The number of likely N-dealkylation sites (tertiary alicyclic amines) is 1. The third-order valence-corrected chi connectivity index (χ3v) is 6.37. The van der Waals surface area contributed by atoms with Crippen molar-refractivity contribution in [3.8, 4) is 0 Å². The van der Waals surface area contributed by atoms with Gasteiger partial charge in [-0.2, -0.15) is 13.2 Å². The molecule has 3 aliphatic rings. The molecule has 0 aromatic carbocycles. The van der Waals surface area contributed by atoms with Crippen molar-refractivity contribution in [2.45, 2.75) is 45.8 Å². The third-order valence-electron chi connectivity index (χ3n) is 6.37. The lowest BCUT2D eigenvalue weighted by molar-refractivity contribution is -0.192. The van der Waals surface area contributed by atoms with Crippen LogP contribution >= 0.6 is 0 Å². The van der Waals surface area contributed by atoms with Gasteiger partial charge in [0.15, 0.2) is 0 Å². The van der Waals surface area contributed by atoms with E-state index in [9.17, 15) is 18.0 Å². The Labute approximate surface area is 184 Å². The number of carbonyl (C=O) groups is 2. The minimum absolute atomic E-state index is 0.199. The molecular weight excluding hydrogens is 431 g/mol. The van der Waals surface area contributed by atoms with Crippen molar-refractivity contribution in [1.82, 2.24) is 15.4 Å². The van der Waals surface area contributed by atoms with E-state index in [4.69, 9.17) is 19.2 Å². The number of hydrogen-bond donors (Lipinski definition) is 2. The van der Waals surface area contributed by atoms with Crippen LogP contribution in [0.5, 0.6) is 0 Å². The lowest BCUT2D eigenvalue weighted by atomic mass is 9.81.